The van der Waals surface area contributed by atoms with Crippen molar-refractivity contribution < 1.29 is 23.8 Å². The fraction of sp³-hybridized carbons (Fsp3) is 0.300. The molecule has 1 aliphatic rings. The van der Waals surface area contributed by atoms with Crippen molar-refractivity contribution in [1.82, 2.24) is 0 Å². The van der Waals surface area contributed by atoms with E-state index in [1.807, 2.05) is 32.9 Å². The van der Waals surface area contributed by atoms with Gasteiger partial charge < -0.3 is 19.5 Å². The molecule has 1 aliphatic heterocycles. The molecule has 0 saturated carbocycles. The van der Waals surface area contributed by atoms with E-state index in [0.717, 1.165) is 16.7 Å². The first-order chi connectivity index (χ1) is 12.3. The highest BCUT2D eigenvalue weighted by Gasteiger charge is 2.22. The molecule has 3 rings (SSSR count). The average molecular weight is 355 g/mol. The Kier molecular flexibility index (Phi) is 4.84. The van der Waals surface area contributed by atoms with Crippen LogP contribution in [-0.2, 0) is 9.53 Å². The largest absolute Gasteiger partial charge is 0.454 e. The summed E-state index contributed by atoms with van der Waals surface area (Å²) in [5.74, 6) is 0.277. The molecule has 6 heteroatoms. The third kappa shape index (κ3) is 3.64. The summed E-state index contributed by atoms with van der Waals surface area (Å²) in [4.78, 5) is 24.8. The van der Waals surface area contributed by atoms with E-state index >= 15 is 0 Å². The number of hydrogen-bond donors (Lipinski definition) is 1. The van der Waals surface area contributed by atoms with Gasteiger partial charge in [-0.25, -0.2) is 4.79 Å². The first kappa shape index (κ1) is 17.8. The molecule has 2 aromatic rings. The third-order valence-corrected chi connectivity index (χ3v) is 4.17. The van der Waals surface area contributed by atoms with E-state index < -0.39 is 18.0 Å². The maximum absolute atomic E-state index is 12.5. The number of fused-ring (bicyclic) bond motifs is 1. The van der Waals surface area contributed by atoms with Crippen LogP contribution in [-0.4, -0.2) is 24.8 Å². The predicted molar refractivity (Wildman–Crippen MR) is 96.7 cm³/mol. The molecule has 2 aromatic carbocycles. The minimum Gasteiger partial charge on any atom is -0.454 e. The molecule has 0 spiro atoms. The van der Waals surface area contributed by atoms with E-state index in [2.05, 4.69) is 5.32 Å². The molecule has 0 radical (unpaired) electrons. The Hall–Kier alpha value is -3.02. The third-order valence-electron chi connectivity index (χ3n) is 4.17. The molecule has 1 N–H and O–H groups in total. The topological polar surface area (TPSA) is 73.9 Å². The summed E-state index contributed by atoms with van der Waals surface area (Å²) in [6, 6.07) is 8.92. The van der Waals surface area contributed by atoms with Crippen LogP contribution >= 0.6 is 0 Å². The molecular formula is C20H21NO5. The van der Waals surface area contributed by atoms with Gasteiger partial charge in [0, 0.05) is 11.8 Å². The molecule has 0 bridgehead atoms. The molecule has 1 heterocycles. The van der Waals surface area contributed by atoms with Crippen LogP contribution in [0.15, 0.2) is 30.3 Å². The zero-order chi connectivity index (χ0) is 18.8. The Morgan fingerprint density at radius 3 is 2.38 bits per heavy atom. The summed E-state index contributed by atoms with van der Waals surface area (Å²) in [6.45, 7) is 7.38. The Morgan fingerprint density at radius 2 is 1.69 bits per heavy atom. The Morgan fingerprint density at radius 1 is 1.04 bits per heavy atom. The van der Waals surface area contributed by atoms with E-state index in [1.165, 1.54) is 0 Å². The molecule has 136 valence electrons. The normalized spacial score (nSPS) is 13.2. The maximum Gasteiger partial charge on any atom is 0.339 e. The maximum atomic E-state index is 12.5. The van der Waals surface area contributed by atoms with Crippen LogP contribution in [0.3, 0.4) is 0 Å². The van der Waals surface area contributed by atoms with Crippen molar-refractivity contribution >= 4 is 17.6 Å². The summed E-state index contributed by atoms with van der Waals surface area (Å²) in [7, 11) is 0. The number of esters is 1. The number of carbonyl (C=O) groups excluding carboxylic acids is 2. The molecule has 1 amide bonds. The van der Waals surface area contributed by atoms with Gasteiger partial charge in [0.1, 0.15) is 0 Å². The van der Waals surface area contributed by atoms with Crippen molar-refractivity contribution in [2.75, 3.05) is 12.1 Å². The lowest BCUT2D eigenvalue weighted by Crippen LogP contribution is -2.30. The fourth-order valence-corrected chi connectivity index (χ4v) is 2.99. The van der Waals surface area contributed by atoms with Gasteiger partial charge in [-0.3, -0.25) is 4.79 Å². The van der Waals surface area contributed by atoms with Crippen molar-refractivity contribution in [2.24, 2.45) is 0 Å². The van der Waals surface area contributed by atoms with Crippen LogP contribution in [0.5, 0.6) is 11.5 Å². The summed E-state index contributed by atoms with van der Waals surface area (Å²) >= 11 is 0. The van der Waals surface area contributed by atoms with Crippen molar-refractivity contribution in [3.05, 3.63) is 52.6 Å². The number of aryl methyl sites for hydroxylation is 3. The van der Waals surface area contributed by atoms with Gasteiger partial charge in [0.25, 0.3) is 5.91 Å². The van der Waals surface area contributed by atoms with Crippen molar-refractivity contribution in [1.29, 1.82) is 0 Å². The number of anilines is 1. The van der Waals surface area contributed by atoms with Gasteiger partial charge in [-0.05, 0) is 51.0 Å². The standard InChI is InChI=1S/C20H21NO5/c1-11-7-12(2)18(13(3)8-11)20(23)26-14(4)19(22)21-15-5-6-16-17(9-15)25-10-24-16/h5-9,14H,10H2,1-4H3,(H,21,22). The van der Waals surface area contributed by atoms with E-state index in [1.54, 1.807) is 25.1 Å². The fourth-order valence-electron chi connectivity index (χ4n) is 2.99. The van der Waals surface area contributed by atoms with E-state index in [4.69, 9.17) is 14.2 Å². The molecule has 1 unspecified atom stereocenters. The predicted octanol–water partition coefficient (Wildman–Crippen LogP) is 3.52. The van der Waals surface area contributed by atoms with E-state index in [0.29, 0.717) is 22.7 Å². The minimum atomic E-state index is -0.937. The Balaban J connectivity index is 1.67. The molecule has 26 heavy (non-hydrogen) atoms. The SMILES string of the molecule is Cc1cc(C)c(C(=O)OC(C)C(=O)Nc2ccc3c(c2)OCO3)c(C)c1. The number of nitrogens with one attached hydrogen (secondary N) is 1. The van der Waals surface area contributed by atoms with Crippen LogP contribution in [0, 0.1) is 20.8 Å². The molecule has 0 aliphatic carbocycles. The summed E-state index contributed by atoms with van der Waals surface area (Å²) in [5.41, 5.74) is 3.78. The smallest absolute Gasteiger partial charge is 0.339 e. The molecule has 6 nitrogen and oxygen atoms in total. The average Bonchev–Trinajstić information content (AvgIpc) is 3.01. The van der Waals surface area contributed by atoms with Gasteiger partial charge in [-0.2, -0.15) is 0 Å². The first-order valence-electron chi connectivity index (χ1n) is 8.34. The van der Waals surface area contributed by atoms with Crippen molar-refractivity contribution in [2.45, 2.75) is 33.8 Å². The number of amides is 1. The van der Waals surface area contributed by atoms with Gasteiger partial charge in [-0.1, -0.05) is 17.7 Å². The number of carbonyl (C=O) groups is 2. The summed E-state index contributed by atoms with van der Waals surface area (Å²) < 4.78 is 15.9. The molecule has 0 fully saturated rings. The van der Waals surface area contributed by atoms with Crippen LogP contribution in [0.1, 0.15) is 34.0 Å². The van der Waals surface area contributed by atoms with Crippen LogP contribution in [0.4, 0.5) is 5.69 Å². The van der Waals surface area contributed by atoms with Crippen molar-refractivity contribution in [3.8, 4) is 11.5 Å². The monoisotopic (exact) mass is 355 g/mol. The second kappa shape index (κ2) is 7.07. The molecule has 1 atom stereocenters. The quantitative estimate of drug-likeness (QED) is 0.850. The van der Waals surface area contributed by atoms with Crippen LogP contribution in [0.25, 0.3) is 0 Å². The van der Waals surface area contributed by atoms with Crippen LogP contribution in [0.2, 0.25) is 0 Å². The molecular weight excluding hydrogens is 334 g/mol. The lowest BCUT2D eigenvalue weighted by Gasteiger charge is -2.16. The van der Waals surface area contributed by atoms with Gasteiger partial charge in [0.15, 0.2) is 17.6 Å². The summed E-state index contributed by atoms with van der Waals surface area (Å²) in [5, 5.41) is 2.71. The number of benzene rings is 2. The van der Waals surface area contributed by atoms with Crippen LogP contribution < -0.4 is 14.8 Å². The zero-order valence-electron chi connectivity index (χ0n) is 15.2. The van der Waals surface area contributed by atoms with E-state index in [-0.39, 0.29) is 6.79 Å². The second-order valence-electron chi connectivity index (χ2n) is 6.38. The number of rotatable bonds is 4. The molecule has 0 saturated heterocycles. The Labute approximate surface area is 152 Å². The van der Waals surface area contributed by atoms with Gasteiger partial charge in [0.05, 0.1) is 5.56 Å². The van der Waals surface area contributed by atoms with Gasteiger partial charge in [-0.15, -0.1) is 0 Å². The highest BCUT2D eigenvalue weighted by Crippen LogP contribution is 2.34. The zero-order valence-corrected chi connectivity index (χ0v) is 15.2. The minimum absolute atomic E-state index is 0.163. The lowest BCUT2D eigenvalue weighted by atomic mass is 10.00. The van der Waals surface area contributed by atoms with E-state index in [9.17, 15) is 9.59 Å². The highest BCUT2D eigenvalue weighted by molar-refractivity contribution is 5.98. The van der Waals surface area contributed by atoms with Crippen molar-refractivity contribution in [3.63, 3.8) is 0 Å². The number of ether oxygens (including phenoxy) is 3. The van der Waals surface area contributed by atoms with Gasteiger partial charge in [0.2, 0.25) is 6.79 Å². The molecule has 0 aromatic heterocycles. The Bertz CT molecular complexity index is 851. The second-order valence-corrected chi connectivity index (χ2v) is 6.38. The summed E-state index contributed by atoms with van der Waals surface area (Å²) in [6.07, 6.45) is -0.937. The van der Waals surface area contributed by atoms with Gasteiger partial charge >= 0.3 is 5.97 Å². The lowest BCUT2D eigenvalue weighted by molar-refractivity contribution is -0.123. The highest BCUT2D eigenvalue weighted by atomic mass is 16.7. The first-order valence-corrected chi connectivity index (χ1v) is 8.34. The number of hydrogen-bond acceptors (Lipinski definition) is 5.